The number of hydrogen-bond donors (Lipinski definition) is 10. The van der Waals surface area contributed by atoms with Crippen LogP contribution in [-0.2, 0) is 14.3 Å². The van der Waals surface area contributed by atoms with E-state index < -0.39 is 86.4 Å². The maximum absolute atomic E-state index is 13.2. The molecule has 0 bridgehead atoms. The molecule has 1 aliphatic heterocycles. The van der Waals surface area contributed by atoms with Crippen LogP contribution in [0.5, 0.6) is 0 Å². The molecule has 0 aliphatic carbocycles. The topological polar surface area (TPSA) is 230 Å². The lowest BCUT2D eigenvalue weighted by Crippen LogP contribution is -2.61. The Morgan fingerprint density at radius 2 is 0.841 bits per heavy atom. The quantitative estimate of drug-likeness (QED) is 0.0270. The first kappa shape index (κ1) is 60.0. The van der Waals surface area contributed by atoms with Crippen LogP contribution < -0.4 is 5.32 Å². The molecule has 376 valence electrons. The highest BCUT2D eigenvalue weighted by atomic mass is 16.7. The van der Waals surface area contributed by atoms with Gasteiger partial charge in [-0.2, -0.15) is 0 Å². The SMILES string of the molecule is CCCCCCCCCCCCCCCCCCCCCCCC(O)C(O)C(=O)NC(CO[C@H]1O[C@H](CO)[C@H](O)[C@H](O)[C@H]1O)C(O)C(O)C(O)CCCCCCCCCCCCC. The lowest BCUT2D eigenvalue weighted by atomic mass is 9.96. The normalized spacial score (nSPS) is 22.1. The number of unbranched alkanes of at least 4 members (excludes halogenated alkanes) is 30. The Labute approximate surface area is 383 Å². The van der Waals surface area contributed by atoms with Crippen molar-refractivity contribution in [2.24, 2.45) is 0 Å². The van der Waals surface area contributed by atoms with E-state index in [9.17, 15) is 50.8 Å². The van der Waals surface area contributed by atoms with Crippen LogP contribution in [0.15, 0.2) is 0 Å². The van der Waals surface area contributed by atoms with Gasteiger partial charge >= 0.3 is 0 Å². The summed E-state index contributed by atoms with van der Waals surface area (Å²) >= 11 is 0. The van der Waals surface area contributed by atoms with Crippen molar-refractivity contribution in [3.8, 4) is 0 Å². The summed E-state index contributed by atoms with van der Waals surface area (Å²) in [7, 11) is 0. The Hall–Kier alpha value is -0.970. The summed E-state index contributed by atoms with van der Waals surface area (Å²) < 4.78 is 11.0. The minimum absolute atomic E-state index is 0.183. The molecule has 0 aromatic rings. The summed E-state index contributed by atoms with van der Waals surface area (Å²) in [6, 6.07) is -1.46. The van der Waals surface area contributed by atoms with Gasteiger partial charge in [0.1, 0.15) is 36.6 Å². The zero-order valence-electron chi connectivity index (χ0n) is 40.1. The molecule has 10 N–H and O–H groups in total. The third kappa shape index (κ3) is 28.7. The molecule has 1 amide bonds. The van der Waals surface area contributed by atoms with Crippen LogP contribution in [0.1, 0.15) is 232 Å². The molecule has 0 aromatic heterocycles. The lowest BCUT2D eigenvalue weighted by molar-refractivity contribution is -0.303. The number of nitrogens with one attached hydrogen (secondary N) is 1. The van der Waals surface area contributed by atoms with E-state index in [4.69, 9.17) is 9.47 Å². The third-order valence-electron chi connectivity index (χ3n) is 13.1. The number of rotatable bonds is 44. The maximum atomic E-state index is 13.2. The number of carbonyl (C=O) groups excluding carboxylic acids is 1. The molecule has 1 fully saturated rings. The number of hydrogen-bond acceptors (Lipinski definition) is 12. The van der Waals surface area contributed by atoms with Gasteiger partial charge in [-0.3, -0.25) is 4.79 Å². The van der Waals surface area contributed by atoms with Crippen molar-refractivity contribution < 1.29 is 60.2 Å². The van der Waals surface area contributed by atoms with Gasteiger partial charge in [0.05, 0.1) is 31.5 Å². The smallest absolute Gasteiger partial charge is 0.251 e. The first-order valence-corrected chi connectivity index (χ1v) is 26.1. The van der Waals surface area contributed by atoms with Crippen LogP contribution in [0.4, 0.5) is 0 Å². The number of aliphatic hydroxyl groups is 9. The molecular weight excluding hydrogens is 807 g/mol. The van der Waals surface area contributed by atoms with E-state index >= 15 is 0 Å². The fraction of sp³-hybridized carbons (Fsp3) is 0.980. The predicted octanol–water partition coefficient (Wildman–Crippen LogP) is 7.40. The molecule has 63 heavy (non-hydrogen) atoms. The Kier molecular flexibility index (Phi) is 38.2. The highest BCUT2D eigenvalue weighted by molar-refractivity contribution is 5.81. The van der Waals surface area contributed by atoms with Crippen molar-refractivity contribution in [3.63, 3.8) is 0 Å². The average molecular weight is 906 g/mol. The molecule has 13 nitrogen and oxygen atoms in total. The zero-order valence-corrected chi connectivity index (χ0v) is 40.1. The highest BCUT2D eigenvalue weighted by Gasteiger charge is 2.45. The van der Waals surface area contributed by atoms with Crippen molar-refractivity contribution >= 4 is 5.91 Å². The van der Waals surface area contributed by atoms with Gasteiger partial charge in [0.25, 0.3) is 5.91 Å². The van der Waals surface area contributed by atoms with Crippen molar-refractivity contribution in [2.45, 2.75) is 299 Å². The predicted molar refractivity (Wildman–Crippen MR) is 250 cm³/mol. The van der Waals surface area contributed by atoms with Gasteiger partial charge in [0.2, 0.25) is 0 Å². The summed E-state index contributed by atoms with van der Waals surface area (Å²) in [6.07, 6.45) is 22.9. The Morgan fingerprint density at radius 3 is 1.21 bits per heavy atom. The number of amides is 1. The molecule has 6 unspecified atom stereocenters. The minimum Gasteiger partial charge on any atom is -0.394 e. The van der Waals surface area contributed by atoms with E-state index in [1.807, 2.05) is 0 Å². The highest BCUT2D eigenvalue weighted by Crippen LogP contribution is 2.24. The Bertz CT molecular complexity index is 1030. The molecule has 1 rings (SSSR count). The van der Waals surface area contributed by atoms with E-state index in [1.165, 1.54) is 148 Å². The van der Waals surface area contributed by atoms with Crippen LogP contribution in [0.2, 0.25) is 0 Å². The van der Waals surface area contributed by atoms with Crippen molar-refractivity contribution in [2.75, 3.05) is 13.2 Å². The summed E-state index contributed by atoms with van der Waals surface area (Å²) in [5.74, 6) is -1.03. The molecule has 11 atom stereocenters. The summed E-state index contributed by atoms with van der Waals surface area (Å²) in [5.41, 5.74) is 0. The summed E-state index contributed by atoms with van der Waals surface area (Å²) in [6.45, 7) is 3.15. The van der Waals surface area contributed by atoms with Crippen LogP contribution in [0.25, 0.3) is 0 Å². The number of aliphatic hydroxyl groups excluding tert-OH is 9. The maximum Gasteiger partial charge on any atom is 0.251 e. The monoisotopic (exact) mass is 906 g/mol. The van der Waals surface area contributed by atoms with Crippen molar-refractivity contribution in [3.05, 3.63) is 0 Å². The van der Waals surface area contributed by atoms with E-state index in [0.717, 1.165) is 44.9 Å². The van der Waals surface area contributed by atoms with Gasteiger partial charge in [0, 0.05) is 0 Å². The molecule has 1 aliphatic rings. The summed E-state index contributed by atoms with van der Waals surface area (Å²) in [5, 5.41) is 97.1. The van der Waals surface area contributed by atoms with E-state index in [2.05, 4.69) is 19.2 Å². The summed E-state index contributed by atoms with van der Waals surface area (Å²) in [4.78, 5) is 13.2. The van der Waals surface area contributed by atoms with Crippen LogP contribution >= 0.6 is 0 Å². The first-order valence-electron chi connectivity index (χ1n) is 26.1. The second-order valence-electron chi connectivity index (χ2n) is 18.9. The number of ether oxygens (including phenoxy) is 2. The molecule has 0 spiro atoms. The van der Waals surface area contributed by atoms with Gasteiger partial charge in [-0.1, -0.05) is 219 Å². The van der Waals surface area contributed by atoms with Crippen molar-refractivity contribution in [1.82, 2.24) is 5.32 Å². The molecule has 1 heterocycles. The molecule has 0 aromatic carbocycles. The molecule has 13 heteroatoms. The largest absolute Gasteiger partial charge is 0.394 e. The van der Waals surface area contributed by atoms with Crippen LogP contribution in [-0.4, -0.2) is 132 Å². The van der Waals surface area contributed by atoms with Gasteiger partial charge in [-0.25, -0.2) is 0 Å². The molecule has 0 saturated carbocycles. The second kappa shape index (κ2) is 40.1. The van der Waals surface area contributed by atoms with Gasteiger partial charge < -0.3 is 60.7 Å². The van der Waals surface area contributed by atoms with Gasteiger partial charge in [-0.15, -0.1) is 0 Å². The average Bonchev–Trinajstić information content (AvgIpc) is 3.28. The Balaban J connectivity index is 2.44. The fourth-order valence-corrected chi connectivity index (χ4v) is 8.67. The number of carbonyl (C=O) groups is 1. The minimum atomic E-state index is -1.85. The Morgan fingerprint density at radius 1 is 0.492 bits per heavy atom. The van der Waals surface area contributed by atoms with E-state index in [-0.39, 0.29) is 12.8 Å². The zero-order chi connectivity index (χ0) is 46.5. The molecule has 1 saturated heterocycles. The van der Waals surface area contributed by atoms with Crippen molar-refractivity contribution in [1.29, 1.82) is 0 Å². The third-order valence-corrected chi connectivity index (χ3v) is 13.1. The second-order valence-corrected chi connectivity index (χ2v) is 18.9. The first-order chi connectivity index (χ1) is 30.5. The van der Waals surface area contributed by atoms with E-state index in [1.54, 1.807) is 0 Å². The van der Waals surface area contributed by atoms with Gasteiger partial charge in [0.15, 0.2) is 12.4 Å². The van der Waals surface area contributed by atoms with Crippen LogP contribution in [0.3, 0.4) is 0 Å². The van der Waals surface area contributed by atoms with Gasteiger partial charge in [-0.05, 0) is 12.8 Å². The molecular formula is C50H99NO12. The van der Waals surface area contributed by atoms with Crippen LogP contribution in [0, 0.1) is 0 Å². The lowest BCUT2D eigenvalue weighted by Gasteiger charge is -2.40. The van der Waals surface area contributed by atoms with E-state index in [0.29, 0.717) is 12.8 Å². The fourth-order valence-electron chi connectivity index (χ4n) is 8.67. The molecule has 0 radical (unpaired) electrons. The standard InChI is InChI=1S/C50H99NO12/c1-3-5-7-9-11-13-15-16-17-18-19-20-21-22-23-24-26-28-30-32-34-36-41(54)45(57)49(61)51-39(38-62-50-48(60)47(59)46(58)42(37-52)63-50)43(55)44(56)40(53)35-33-31-29-27-25-14-12-10-8-6-4-2/h39-48,50,52-60H,3-38H2,1-2H3,(H,51,61)/t39?,40?,41?,42-,43?,44?,45?,46+,47+,48-,50+/m1/s1.